The number of ether oxygens (including phenoxy) is 3. The van der Waals surface area contributed by atoms with Crippen molar-refractivity contribution in [3.8, 4) is 23.2 Å². The predicted molar refractivity (Wildman–Crippen MR) is 158 cm³/mol. The van der Waals surface area contributed by atoms with Gasteiger partial charge in [-0.25, -0.2) is 22.9 Å². The quantitative estimate of drug-likeness (QED) is 0.203. The van der Waals surface area contributed by atoms with Crippen molar-refractivity contribution >= 4 is 23.3 Å². The Balaban J connectivity index is 1.28. The molecule has 1 aromatic heterocycles. The minimum atomic E-state index is -0.950. The number of carbonyl (C=O) groups is 2. The first-order valence-electron chi connectivity index (χ1n) is 13.9. The number of hydrogen-bond donors (Lipinski definition) is 2. The molecule has 1 amide bonds. The molecule has 2 heterocycles. The maximum absolute atomic E-state index is 15.2. The summed E-state index contributed by atoms with van der Waals surface area (Å²) in [5, 5.41) is 14.7. The second-order valence-electron chi connectivity index (χ2n) is 10.1. The average Bonchev–Trinajstić information content (AvgIpc) is 3.01. The lowest BCUT2D eigenvalue weighted by Crippen LogP contribution is -2.33. The number of benzene rings is 3. The van der Waals surface area contributed by atoms with Gasteiger partial charge < -0.3 is 24.8 Å². The third kappa shape index (κ3) is 7.57. The molecule has 4 aromatic rings. The number of nitrogens with zero attached hydrogens (tertiary/aromatic N) is 2. The fourth-order valence-electron chi connectivity index (χ4n) is 4.53. The van der Waals surface area contributed by atoms with E-state index in [1.54, 1.807) is 6.07 Å². The van der Waals surface area contributed by atoms with Crippen LogP contribution in [0, 0.1) is 28.8 Å². The molecule has 0 radical (unpaired) electrons. The van der Waals surface area contributed by atoms with Crippen molar-refractivity contribution in [2.45, 2.75) is 25.6 Å². The third-order valence-corrected chi connectivity index (χ3v) is 7.08. The highest BCUT2D eigenvalue weighted by molar-refractivity contribution is 5.98. The lowest BCUT2D eigenvalue weighted by molar-refractivity contribution is -0.115. The topological polar surface area (TPSA) is 123 Å². The Labute approximate surface area is 256 Å². The van der Waals surface area contributed by atoms with E-state index >= 15 is 8.78 Å². The molecule has 1 saturated heterocycles. The Morgan fingerprint density at radius 3 is 2.47 bits per heavy atom. The molecule has 45 heavy (non-hydrogen) atoms. The van der Waals surface area contributed by atoms with E-state index < -0.39 is 41.3 Å². The second-order valence-corrected chi connectivity index (χ2v) is 10.1. The Kier molecular flexibility index (Phi) is 9.60. The van der Waals surface area contributed by atoms with Crippen LogP contribution in [0.15, 0.2) is 66.7 Å². The third-order valence-electron chi connectivity index (χ3n) is 7.08. The summed E-state index contributed by atoms with van der Waals surface area (Å²) in [5.41, 5.74) is 1.22. The van der Waals surface area contributed by atoms with Gasteiger partial charge in [0.05, 0.1) is 53.9 Å². The number of methoxy groups -OCH3 is 1. The molecule has 0 bridgehead atoms. The van der Waals surface area contributed by atoms with Gasteiger partial charge in [0.2, 0.25) is 11.8 Å². The Morgan fingerprint density at radius 2 is 1.80 bits per heavy atom. The van der Waals surface area contributed by atoms with Crippen LogP contribution in [0.5, 0.6) is 5.88 Å². The summed E-state index contributed by atoms with van der Waals surface area (Å²) in [7, 11) is 1.25. The number of pyridine rings is 1. The lowest BCUT2D eigenvalue weighted by atomic mass is 10.0. The molecule has 1 aliphatic heterocycles. The van der Waals surface area contributed by atoms with Crippen LogP contribution in [0.4, 0.5) is 24.5 Å². The van der Waals surface area contributed by atoms with Crippen LogP contribution >= 0.6 is 0 Å². The number of esters is 1. The van der Waals surface area contributed by atoms with Crippen molar-refractivity contribution in [1.29, 1.82) is 5.26 Å². The summed E-state index contributed by atoms with van der Waals surface area (Å²) in [6.07, 6.45) is 0.254. The molecule has 1 fully saturated rings. The highest BCUT2D eigenvalue weighted by atomic mass is 19.1. The smallest absolute Gasteiger partial charge is 0.337 e. The summed E-state index contributed by atoms with van der Waals surface area (Å²) in [4.78, 5) is 29.2. The zero-order valence-corrected chi connectivity index (χ0v) is 24.0. The Morgan fingerprint density at radius 1 is 1.02 bits per heavy atom. The number of hydrogen-bond acceptors (Lipinski definition) is 8. The SMILES string of the molecule is COC(=O)c1ccc(NC(=O)Cc2c(F)cc(-c3cccc(OCc4ccc(C#N)cc4F)n3)cc2F)c(NC[C@@H]2CCO2)c1. The number of carbonyl (C=O) groups excluding carboxylic acids is 2. The van der Waals surface area contributed by atoms with E-state index in [2.05, 4.69) is 15.6 Å². The van der Waals surface area contributed by atoms with Crippen molar-refractivity contribution in [3.05, 3.63) is 106 Å². The second kappa shape index (κ2) is 13.9. The predicted octanol–water partition coefficient (Wildman–Crippen LogP) is 5.79. The largest absolute Gasteiger partial charge is 0.473 e. The van der Waals surface area contributed by atoms with Crippen LogP contribution in [0.25, 0.3) is 11.3 Å². The van der Waals surface area contributed by atoms with Crippen LogP contribution in [0.2, 0.25) is 0 Å². The van der Waals surface area contributed by atoms with Gasteiger partial charge in [-0.2, -0.15) is 5.26 Å². The maximum Gasteiger partial charge on any atom is 0.337 e. The van der Waals surface area contributed by atoms with Crippen LogP contribution in [0.3, 0.4) is 0 Å². The number of aromatic nitrogens is 1. The first-order valence-corrected chi connectivity index (χ1v) is 13.9. The van der Waals surface area contributed by atoms with E-state index in [0.29, 0.717) is 24.5 Å². The summed E-state index contributed by atoms with van der Waals surface area (Å²) < 4.78 is 60.3. The molecule has 0 saturated carbocycles. The van der Waals surface area contributed by atoms with Crippen LogP contribution in [-0.2, 0) is 27.3 Å². The van der Waals surface area contributed by atoms with Gasteiger partial charge in [0.1, 0.15) is 24.1 Å². The van der Waals surface area contributed by atoms with Gasteiger partial charge >= 0.3 is 5.97 Å². The molecule has 12 heteroatoms. The molecule has 230 valence electrons. The molecule has 9 nitrogen and oxygen atoms in total. The van der Waals surface area contributed by atoms with Gasteiger partial charge in [0.15, 0.2) is 0 Å². The molecular weight excluding hydrogens is 589 g/mol. The number of amides is 1. The number of nitriles is 1. The summed E-state index contributed by atoms with van der Waals surface area (Å²) in [6.45, 7) is 0.914. The molecule has 1 aliphatic rings. The minimum Gasteiger partial charge on any atom is -0.473 e. The fraction of sp³-hybridized carbons (Fsp3) is 0.212. The van der Waals surface area contributed by atoms with Crippen molar-refractivity contribution in [2.24, 2.45) is 0 Å². The number of nitrogens with one attached hydrogen (secondary N) is 2. The first kappa shape index (κ1) is 31.0. The van der Waals surface area contributed by atoms with E-state index in [-0.39, 0.29) is 46.5 Å². The van der Waals surface area contributed by atoms with Gasteiger partial charge in [-0.15, -0.1) is 0 Å². The Hall–Kier alpha value is -5.41. The summed E-state index contributed by atoms with van der Waals surface area (Å²) >= 11 is 0. The van der Waals surface area contributed by atoms with Gasteiger partial charge in [0, 0.05) is 35.9 Å². The summed E-state index contributed by atoms with van der Waals surface area (Å²) in [5.74, 6) is -3.66. The summed E-state index contributed by atoms with van der Waals surface area (Å²) in [6, 6.07) is 17.0. The zero-order chi connectivity index (χ0) is 31.9. The lowest BCUT2D eigenvalue weighted by Gasteiger charge is -2.27. The van der Waals surface area contributed by atoms with E-state index in [0.717, 1.165) is 24.6 Å². The van der Waals surface area contributed by atoms with Gasteiger partial charge in [-0.05, 0) is 55.0 Å². The molecule has 5 rings (SSSR count). The standard InChI is InChI=1S/C33H27F3N4O5/c1-43-33(42)20-7-8-29(30(14-20)38-17-23-9-10-44-23)39-31(41)15-24-26(35)12-22(13-27(24)36)28-3-2-4-32(40-28)45-18-21-6-5-19(16-37)11-25(21)34/h2-8,11-14,23,38H,9-10,15,17-18H2,1H3,(H,39,41)/t23-/m0/s1. The van der Waals surface area contributed by atoms with Crippen molar-refractivity contribution in [1.82, 2.24) is 4.98 Å². The van der Waals surface area contributed by atoms with Crippen molar-refractivity contribution in [2.75, 3.05) is 30.9 Å². The van der Waals surface area contributed by atoms with Crippen molar-refractivity contribution in [3.63, 3.8) is 0 Å². The van der Waals surface area contributed by atoms with E-state index in [1.807, 2.05) is 6.07 Å². The molecule has 0 unspecified atom stereocenters. The Bertz CT molecular complexity index is 1770. The van der Waals surface area contributed by atoms with Gasteiger partial charge in [-0.1, -0.05) is 12.1 Å². The highest BCUT2D eigenvalue weighted by Crippen LogP contribution is 2.28. The van der Waals surface area contributed by atoms with E-state index in [9.17, 15) is 14.0 Å². The normalized spacial score (nSPS) is 13.7. The number of anilines is 2. The van der Waals surface area contributed by atoms with E-state index in [4.69, 9.17) is 19.5 Å². The molecule has 3 aromatic carbocycles. The van der Waals surface area contributed by atoms with Crippen LogP contribution in [0.1, 0.15) is 33.5 Å². The highest BCUT2D eigenvalue weighted by Gasteiger charge is 2.21. The monoisotopic (exact) mass is 616 g/mol. The molecular formula is C33H27F3N4O5. The van der Waals surface area contributed by atoms with Gasteiger partial charge in [0.25, 0.3) is 0 Å². The van der Waals surface area contributed by atoms with Crippen LogP contribution < -0.4 is 15.4 Å². The maximum atomic E-state index is 15.2. The fourth-order valence-corrected chi connectivity index (χ4v) is 4.53. The average molecular weight is 617 g/mol. The minimum absolute atomic E-state index is 0.00988. The van der Waals surface area contributed by atoms with E-state index in [1.165, 1.54) is 49.6 Å². The van der Waals surface area contributed by atoms with Gasteiger partial charge in [-0.3, -0.25) is 4.79 Å². The number of rotatable bonds is 11. The van der Waals surface area contributed by atoms with Crippen LogP contribution in [-0.4, -0.2) is 43.2 Å². The molecule has 0 aliphatic carbocycles. The zero-order valence-electron chi connectivity index (χ0n) is 24.0. The number of halogens is 3. The molecule has 0 spiro atoms. The molecule has 2 N–H and O–H groups in total. The first-order chi connectivity index (χ1) is 21.7. The van der Waals surface area contributed by atoms with Crippen molar-refractivity contribution < 1.29 is 37.0 Å². The molecule has 1 atom stereocenters.